The van der Waals surface area contributed by atoms with Crippen molar-refractivity contribution in [3.8, 4) is 29.0 Å². The molecule has 0 fully saturated rings. The number of aromatic nitrogens is 2. The maximum atomic E-state index is 9.61. The Balaban J connectivity index is 1.36. The Hall–Kier alpha value is -5.38. The second-order valence-electron chi connectivity index (χ2n) is 10.5. The van der Waals surface area contributed by atoms with E-state index in [4.69, 9.17) is 14.7 Å². The highest BCUT2D eigenvalue weighted by molar-refractivity contribution is 7.99. The van der Waals surface area contributed by atoms with Gasteiger partial charge in [-0.1, -0.05) is 66.4 Å². The quantitative estimate of drug-likeness (QED) is 0.201. The lowest BCUT2D eigenvalue weighted by Crippen LogP contribution is -2.32. The van der Waals surface area contributed by atoms with Crippen LogP contribution in [0.5, 0.6) is 11.5 Å². The van der Waals surface area contributed by atoms with E-state index in [0.29, 0.717) is 5.56 Å². The summed E-state index contributed by atoms with van der Waals surface area (Å²) in [6, 6.07) is 39.6. The van der Waals surface area contributed by atoms with Crippen molar-refractivity contribution in [3.05, 3.63) is 149 Å². The van der Waals surface area contributed by atoms with Crippen LogP contribution in [0.15, 0.2) is 131 Å². The van der Waals surface area contributed by atoms with Gasteiger partial charge in [-0.15, -0.1) is 0 Å². The number of pyridine rings is 2. The Morgan fingerprint density at radius 3 is 2.17 bits per heavy atom. The average Bonchev–Trinajstić information content (AvgIpc) is 3.33. The van der Waals surface area contributed by atoms with E-state index in [1.54, 1.807) is 11.8 Å². The lowest BCUT2D eigenvalue weighted by atomic mass is 9.66. The van der Waals surface area contributed by atoms with Crippen LogP contribution in [-0.4, -0.2) is 9.97 Å². The molecule has 6 aromatic rings. The third-order valence-corrected chi connectivity index (χ3v) is 9.54. The smallest absolute Gasteiger partial charge is 0.132 e. The molecule has 0 unspecified atom stereocenters. The zero-order valence-corrected chi connectivity index (χ0v) is 23.0. The van der Waals surface area contributed by atoms with Gasteiger partial charge in [0.1, 0.15) is 11.5 Å². The fourth-order valence-electron chi connectivity index (χ4n) is 6.77. The first-order valence-electron chi connectivity index (χ1n) is 13.7. The summed E-state index contributed by atoms with van der Waals surface area (Å²) in [4.78, 5) is 14.4. The van der Waals surface area contributed by atoms with Crippen molar-refractivity contribution in [1.29, 1.82) is 5.26 Å². The van der Waals surface area contributed by atoms with Crippen LogP contribution in [0.1, 0.15) is 27.8 Å². The van der Waals surface area contributed by atoms with E-state index in [-0.39, 0.29) is 0 Å². The van der Waals surface area contributed by atoms with Gasteiger partial charge in [-0.2, -0.15) is 5.26 Å². The molecule has 0 saturated heterocycles. The Bertz CT molecular complexity index is 2100. The first kappa shape index (κ1) is 23.3. The molecule has 196 valence electrons. The first-order valence-corrected chi connectivity index (χ1v) is 14.5. The SMILES string of the molecule is N#Cc1ccc2c(c1)Sc1ccccc1N2c1cnc2c(c1)C1(c3ccccc3Oc3ccccc31)c1cccnc1-2. The molecule has 2 aliphatic heterocycles. The summed E-state index contributed by atoms with van der Waals surface area (Å²) >= 11 is 1.69. The summed E-state index contributed by atoms with van der Waals surface area (Å²) in [6.45, 7) is 0. The zero-order chi connectivity index (χ0) is 27.8. The van der Waals surface area contributed by atoms with Crippen LogP contribution in [0.2, 0.25) is 0 Å². The molecule has 5 nitrogen and oxygen atoms in total. The molecule has 0 N–H and O–H groups in total. The fraction of sp³-hybridized carbons (Fsp3) is 0.0278. The molecule has 0 radical (unpaired) electrons. The number of benzene rings is 4. The van der Waals surface area contributed by atoms with Gasteiger partial charge in [0.15, 0.2) is 0 Å². The average molecular weight is 557 g/mol. The Morgan fingerprint density at radius 2 is 1.36 bits per heavy atom. The summed E-state index contributed by atoms with van der Waals surface area (Å²) in [5.74, 6) is 1.66. The molecule has 9 rings (SSSR count). The van der Waals surface area contributed by atoms with Gasteiger partial charge in [0.25, 0.3) is 0 Å². The van der Waals surface area contributed by atoms with Crippen LogP contribution < -0.4 is 9.64 Å². The van der Waals surface area contributed by atoms with Crippen LogP contribution in [-0.2, 0) is 5.41 Å². The van der Waals surface area contributed by atoms with Gasteiger partial charge in [0, 0.05) is 32.7 Å². The molecule has 6 heteroatoms. The zero-order valence-electron chi connectivity index (χ0n) is 22.2. The van der Waals surface area contributed by atoms with Gasteiger partial charge < -0.3 is 9.64 Å². The van der Waals surface area contributed by atoms with Crippen molar-refractivity contribution in [2.45, 2.75) is 15.2 Å². The van der Waals surface area contributed by atoms with E-state index in [1.165, 1.54) is 0 Å². The van der Waals surface area contributed by atoms with Crippen molar-refractivity contribution in [2.75, 3.05) is 4.90 Å². The van der Waals surface area contributed by atoms with Crippen LogP contribution in [0.3, 0.4) is 0 Å². The molecule has 0 bridgehead atoms. The fourth-order valence-corrected chi connectivity index (χ4v) is 7.87. The number of nitriles is 1. The van der Waals surface area contributed by atoms with Crippen LogP contribution in [0.25, 0.3) is 11.4 Å². The maximum absolute atomic E-state index is 9.61. The highest BCUT2D eigenvalue weighted by Crippen LogP contribution is 2.62. The molecular formula is C36H20N4OS. The summed E-state index contributed by atoms with van der Waals surface area (Å²) in [6.07, 6.45) is 3.79. The lowest BCUT2D eigenvalue weighted by Gasteiger charge is -2.39. The number of nitrogens with zero attached hydrogens (tertiary/aromatic N) is 4. The monoisotopic (exact) mass is 556 g/mol. The molecule has 42 heavy (non-hydrogen) atoms. The molecular weight excluding hydrogens is 536 g/mol. The summed E-state index contributed by atoms with van der Waals surface area (Å²) in [5, 5.41) is 9.61. The summed E-state index contributed by atoms with van der Waals surface area (Å²) < 4.78 is 6.48. The van der Waals surface area contributed by atoms with Crippen LogP contribution in [0, 0.1) is 11.3 Å². The number of anilines is 3. The van der Waals surface area contributed by atoms with Crippen molar-refractivity contribution in [1.82, 2.24) is 9.97 Å². The number of para-hydroxylation sites is 3. The van der Waals surface area contributed by atoms with E-state index in [1.807, 2.05) is 60.9 Å². The molecule has 4 heterocycles. The minimum absolute atomic E-state index is 0.642. The Kier molecular flexibility index (Phi) is 4.76. The molecule has 1 spiro atoms. The summed E-state index contributed by atoms with van der Waals surface area (Å²) in [5.41, 5.74) is 9.12. The third kappa shape index (κ3) is 2.98. The predicted molar refractivity (Wildman–Crippen MR) is 163 cm³/mol. The summed E-state index contributed by atoms with van der Waals surface area (Å²) in [7, 11) is 0. The highest BCUT2D eigenvalue weighted by Gasteiger charge is 2.52. The minimum Gasteiger partial charge on any atom is -0.457 e. The number of hydrogen-bond donors (Lipinski definition) is 0. The highest BCUT2D eigenvalue weighted by atomic mass is 32.2. The Morgan fingerprint density at radius 1 is 0.667 bits per heavy atom. The van der Waals surface area contributed by atoms with Gasteiger partial charge in [-0.25, -0.2) is 0 Å². The molecule has 3 aliphatic rings. The van der Waals surface area contributed by atoms with Gasteiger partial charge in [-0.3, -0.25) is 9.97 Å². The maximum Gasteiger partial charge on any atom is 0.132 e. The first-order chi connectivity index (χ1) is 20.8. The van der Waals surface area contributed by atoms with E-state index < -0.39 is 5.41 Å². The van der Waals surface area contributed by atoms with Crippen molar-refractivity contribution < 1.29 is 4.74 Å². The Labute approximate surface area is 246 Å². The third-order valence-electron chi connectivity index (χ3n) is 8.43. The molecule has 4 aromatic carbocycles. The second-order valence-corrected chi connectivity index (χ2v) is 11.6. The lowest BCUT2D eigenvalue weighted by molar-refractivity contribution is 0.436. The molecule has 2 aromatic heterocycles. The van der Waals surface area contributed by atoms with Crippen LogP contribution >= 0.6 is 11.8 Å². The second kappa shape index (κ2) is 8.56. The van der Waals surface area contributed by atoms with E-state index in [0.717, 1.165) is 72.0 Å². The van der Waals surface area contributed by atoms with Crippen molar-refractivity contribution in [2.24, 2.45) is 0 Å². The number of fused-ring (bicyclic) bond motifs is 11. The topological polar surface area (TPSA) is 62.0 Å². The normalized spacial score (nSPS) is 14.4. The molecule has 0 saturated carbocycles. The largest absolute Gasteiger partial charge is 0.457 e. The van der Waals surface area contributed by atoms with Gasteiger partial charge in [0.2, 0.25) is 0 Å². The predicted octanol–water partition coefficient (Wildman–Crippen LogP) is 8.75. The van der Waals surface area contributed by atoms with Crippen LogP contribution in [0.4, 0.5) is 17.1 Å². The standard InChI is InChI=1S/C36H20N4OS/c37-20-22-15-16-29-33(18-22)42-32-14-6-3-11-28(32)40(29)23-19-27-35(39-21-23)34-26(10-7-17-38-34)36(27)24-8-1-4-12-30(24)41-31-13-5-2-9-25(31)36/h1-19,21H. The van der Waals surface area contributed by atoms with E-state index >= 15 is 0 Å². The minimum atomic E-state index is -0.648. The number of ether oxygens (including phenoxy) is 1. The molecule has 1 aliphatic carbocycles. The van der Waals surface area contributed by atoms with E-state index in [9.17, 15) is 5.26 Å². The van der Waals surface area contributed by atoms with Gasteiger partial charge >= 0.3 is 0 Å². The van der Waals surface area contributed by atoms with Crippen molar-refractivity contribution >= 4 is 28.8 Å². The van der Waals surface area contributed by atoms with Crippen molar-refractivity contribution in [3.63, 3.8) is 0 Å². The van der Waals surface area contributed by atoms with E-state index in [2.05, 4.69) is 71.6 Å². The number of hydrogen-bond acceptors (Lipinski definition) is 6. The molecule has 0 amide bonds. The van der Waals surface area contributed by atoms with Gasteiger partial charge in [0.05, 0.1) is 51.7 Å². The molecule has 0 atom stereocenters. The van der Waals surface area contributed by atoms with Gasteiger partial charge in [-0.05, 0) is 60.2 Å². The number of rotatable bonds is 1.